The highest BCUT2D eigenvalue weighted by atomic mass is 19.2. The summed E-state index contributed by atoms with van der Waals surface area (Å²) in [6, 6.07) is 0.658. The largest absolute Gasteiger partial charge is 0.492 e. The van der Waals surface area contributed by atoms with Gasteiger partial charge in [0.15, 0.2) is 23.1 Å². The fourth-order valence-corrected chi connectivity index (χ4v) is 1.68. The van der Waals surface area contributed by atoms with Crippen LogP contribution < -0.4 is 9.47 Å². The number of carbonyl (C=O) groups is 1. The van der Waals surface area contributed by atoms with Crippen molar-refractivity contribution < 1.29 is 37.8 Å². The van der Waals surface area contributed by atoms with Crippen LogP contribution in [0, 0.1) is 11.6 Å². The number of esters is 1. The number of cyclic esters (lactones) is 1. The molecule has 0 saturated heterocycles. The van der Waals surface area contributed by atoms with Crippen LogP contribution in [0.5, 0.6) is 11.5 Å². The van der Waals surface area contributed by atoms with Crippen molar-refractivity contribution in [2.24, 2.45) is 0 Å². The number of hydrogen-bond acceptors (Lipinski definition) is 6. The lowest BCUT2D eigenvalue weighted by molar-refractivity contribution is -0.129. The van der Waals surface area contributed by atoms with Crippen LogP contribution in [0.1, 0.15) is 24.2 Å². The Morgan fingerprint density at radius 1 is 1.35 bits per heavy atom. The molecular weight excluding hydrogens is 277 g/mol. The van der Waals surface area contributed by atoms with Gasteiger partial charge < -0.3 is 24.3 Å². The summed E-state index contributed by atoms with van der Waals surface area (Å²) in [5.74, 6) is -5.90. The maximum absolute atomic E-state index is 13.7. The van der Waals surface area contributed by atoms with Crippen molar-refractivity contribution in [1.29, 1.82) is 0 Å². The van der Waals surface area contributed by atoms with Gasteiger partial charge in [-0.1, -0.05) is 0 Å². The van der Waals surface area contributed by atoms with Gasteiger partial charge in [-0.05, 0) is 0 Å². The normalized spacial score (nSPS) is 16.0. The van der Waals surface area contributed by atoms with Crippen molar-refractivity contribution in [2.45, 2.75) is 19.6 Å². The van der Waals surface area contributed by atoms with Crippen molar-refractivity contribution in [3.05, 3.63) is 23.3 Å². The Bertz CT molecular complexity index is 560. The summed E-state index contributed by atoms with van der Waals surface area (Å²) in [4.78, 5) is 11.7. The van der Waals surface area contributed by atoms with Crippen molar-refractivity contribution in [3.8, 4) is 11.5 Å². The van der Waals surface area contributed by atoms with E-state index >= 15 is 0 Å². The molecule has 0 spiro atoms. The third-order valence-electron chi connectivity index (χ3n) is 2.42. The molecule has 0 aliphatic carbocycles. The van der Waals surface area contributed by atoms with E-state index in [0.717, 1.165) is 0 Å². The minimum Gasteiger partial charge on any atom is -0.492 e. The van der Waals surface area contributed by atoms with E-state index in [-0.39, 0.29) is 11.5 Å². The first-order valence-electron chi connectivity index (χ1n) is 5.64. The third kappa shape index (κ3) is 2.68. The zero-order valence-electron chi connectivity index (χ0n) is 10.6. The second-order valence-corrected chi connectivity index (χ2v) is 4.56. The molecule has 0 amide bonds. The van der Waals surface area contributed by atoms with Crippen LogP contribution in [0.15, 0.2) is 6.07 Å². The van der Waals surface area contributed by atoms with Crippen LogP contribution in [-0.4, -0.2) is 35.4 Å². The van der Waals surface area contributed by atoms with E-state index in [2.05, 4.69) is 0 Å². The molecule has 1 aromatic rings. The zero-order valence-corrected chi connectivity index (χ0v) is 10.6. The third-order valence-corrected chi connectivity index (χ3v) is 2.42. The van der Waals surface area contributed by atoms with Crippen LogP contribution in [0.4, 0.5) is 8.78 Å². The van der Waals surface area contributed by atoms with E-state index in [1.165, 1.54) is 13.8 Å². The van der Waals surface area contributed by atoms with Gasteiger partial charge in [-0.3, -0.25) is 0 Å². The Kier molecular flexibility index (Phi) is 3.57. The summed E-state index contributed by atoms with van der Waals surface area (Å²) < 4.78 is 42.0. The standard InChI is InChI=1S/C11H11BF2O6/c1-11(2)19-9-6(18-4-12(16)17)3-5(13)8(14)7(9)10(15)20-11/h3,16-17H,4H2,1-2H3. The molecule has 108 valence electrons. The average molecular weight is 288 g/mol. The SMILES string of the molecule is CC1(C)OC(=O)c2c(F)c(F)cc(OCB(O)O)c2O1. The van der Waals surface area contributed by atoms with Crippen LogP contribution in [0.2, 0.25) is 0 Å². The molecule has 0 radical (unpaired) electrons. The smallest absolute Gasteiger partial charge is 0.491 e. The minimum atomic E-state index is -1.82. The van der Waals surface area contributed by atoms with E-state index < -0.39 is 42.6 Å². The van der Waals surface area contributed by atoms with Crippen LogP contribution in [0.3, 0.4) is 0 Å². The first kappa shape index (κ1) is 14.5. The minimum absolute atomic E-state index is 0.322. The van der Waals surface area contributed by atoms with Gasteiger partial charge in [0.05, 0.1) is 0 Å². The van der Waals surface area contributed by atoms with Gasteiger partial charge >= 0.3 is 13.1 Å². The van der Waals surface area contributed by atoms with Gasteiger partial charge in [-0.2, -0.15) is 0 Å². The molecule has 0 atom stereocenters. The Morgan fingerprint density at radius 3 is 2.60 bits per heavy atom. The highest BCUT2D eigenvalue weighted by Gasteiger charge is 2.39. The topological polar surface area (TPSA) is 85.2 Å². The molecule has 6 nitrogen and oxygen atoms in total. The molecule has 1 aliphatic rings. The van der Waals surface area contributed by atoms with Gasteiger partial charge in [-0.25, -0.2) is 13.6 Å². The first-order valence-corrected chi connectivity index (χ1v) is 5.64. The highest BCUT2D eigenvalue weighted by Crippen LogP contribution is 2.41. The van der Waals surface area contributed by atoms with Crippen molar-refractivity contribution >= 4 is 13.1 Å². The highest BCUT2D eigenvalue weighted by molar-refractivity contribution is 6.40. The average Bonchev–Trinajstić information content (AvgIpc) is 2.29. The van der Waals surface area contributed by atoms with Gasteiger partial charge in [0.25, 0.3) is 0 Å². The molecule has 0 unspecified atom stereocenters. The maximum Gasteiger partial charge on any atom is 0.491 e. The van der Waals surface area contributed by atoms with Gasteiger partial charge in [0.1, 0.15) is 12.1 Å². The number of benzene rings is 1. The predicted molar refractivity (Wildman–Crippen MR) is 62.2 cm³/mol. The fourth-order valence-electron chi connectivity index (χ4n) is 1.68. The summed E-state index contributed by atoms with van der Waals surface area (Å²) in [6.07, 6.45) is 0. The van der Waals surface area contributed by atoms with Crippen LogP contribution >= 0.6 is 0 Å². The van der Waals surface area contributed by atoms with E-state index in [1.54, 1.807) is 0 Å². The maximum atomic E-state index is 13.7. The Morgan fingerprint density at radius 2 is 2.00 bits per heavy atom. The van der Waals surface area contributed by atoms with E-state index in [4.69, 9.17) is 24.3 Å². The molecular formula is C11H11BF2O6. The Balaban J connectivity index is 2.52. The van der Waals surface area contributed by atoms with Crippen molar-refractivity contribution in [3.63, 3.8) is 0 Å². The molecule has 0 fully saturated rings. The molecule has 2 rings (SSSR count). The predicted octanol–water partition coefficient (Wildman–Crippen LogP) is 0.641. The van der Waals surface area contributed by atoms with Crippen LogP contribution in [0.25, 0.3) is 0 Å². The van der Waals surface area contributed by atoms with Gasteiger partial charge in [0, 0.05) is 19.9 Å². The number of rotatable bonds is 3. The van der Waals surface area contributed by atoms with E-state index in [1.807, 2.05) is 0 Å². The molecule has 2 N–H and O–H groups in total. The first-order chi connectivity index (χ1) is 9.21. The van der Waals surface area contributed by atoms with E-state index in [0.29, 0.717) is 6.07 Å². The summed E-state index contributed by atoms with van der Waals surface area (Å²) in [5, 5.41) is 17.5. The molecule has 1 aromatic carbocycles. The molecule has 1 aliphatic heterocycles. The quantitative estimate of drug-likeness (QED) is 0.627. The second kappa shape index (κ2) is 4.91. The zero-order chi connectivity index (χ0) is 15.1. The molecule has 0 aromatic heterocycles. The monoisotopic (exact) mass is 288 g/mol. The Labute approximate surface area is 113 Å². The molecule has 0 bridgehead atoms. The van der Waals surface area contributed by atoms with Gasteiger partial charge in [-0.15, -0.1) is 0 Å². The summed E-state index contributed by atoms with van der Waals surface area (Å²) in [7, 11) is -1.82. The molecule has 1 heterocycles. The lowest BCUT2D eigenvalue weighted by Gasteiger charge is -2.32. The Hall–Kier alpha value is -1.87. The fraction of sp³-hybridized carbons (Fsp3) is 0.364. The van der Waals surface area contributed by atoms with E-state index in [9.17, 15) is 13.6 Å². The summed E-state index contributed by atoms with van der Waals surface area (Å²) in [6.45, 7) is 2.20. The van der Waals surface area contributed by atoms with Crippen molar-refractivity contribution in [2.75, 3.05) is 6.51 Å². The number of halogens is 2. The number of hydrogen-bond donors (Lipinski definition) is 2. The lowest BCUT2D eigenvalue weighted by Crippen LogP contribution is -2.39. The summed E-state index contributed by atoms with van der Waals surface area (Å²) in [5.41, 5.74) is -0.730. The number of fused-ring (bicyclic) bond motifs is 1. The van der Waals surface area contributed by atoms with Gasteiger partial charge in [0.2, 0.25) is 5.79 Å². The molecule has 9 heteroatoms. The second-order valence-electron chi connectivity index (χ2n) is 4.56. The molecule has 0 saturated carbocycles. The van der Waals surface area contributed by atoms with Crippen LogP contribution in [-0.2, 0) is 4.74 Å². The summed E-state index contributed by atoms with van der Waals surface area (Å²) >= 11 is 0. The number of ether oxygens (including phenoxy) is 3. The molecule has 20 heavy (non-hydrogen) atoms. The number of carbonyl (C=O) groups excluding carboxylic acids is 1. The lowest BCUT2D eigenvalue weighted by atomic mass is 9.95. The van der Waals surface area contributed by atoms with Crippen molar-refractivity contribution in [1.82, 2.24) is 0 Å².